The van der Waals surface area contributed by atoms with Gasteiger partial charge in [0.25, 0.3) is 11.8 Å². The average molecular weight is 363 g/mol. The maximum atomic E-state index is 13.2. The summed E-state index contributed by atoms with van der Waals surface area (Å²) >= 11 is 0. The fraction of sp³-hybridized carbons (Fsp3) is 0.0952. The van der Waals surface area contributed by atoms with Gasteiger partial charge in [-0.3, -0.25) is 9.59 Å². The number of nitrogens with zero attached hydrogens (tertiary/aromatic N) is 1. The van der Waals surface area contributed by atoms with E-state index in [1.807, 2.05) is 24.3 Å². The minimum absolute atomic E-state index is 0.0632. The number of aromatic nitrogens is 1. The fourth-order valence-electron chi connectivity index (χ4n) is 2.47. The lowest BCUT2D eigenvalue weighted by atomic mass is 10.1. The molecule has 0 atom stereocenters. The molecule has 3 rings (SSSR count). The Morgan fingerprint density at radius 1 is 0.852 bits per heavy atom. The molecule has 0 aliphatic rings. The van der Waals surface area contributed by atoms with E-state index in [2.05, 4.69) is 22.5 Å². The summed E-state index contributed by atoms with van der Waals surface area (Å²) in [5.74, 6) is -1.40. The van der Waals surface area contributed by atoms with Gasteiger partial charge in [0, 0.05) is 11.4 Å². The van der Waals surface area contributed by atoms with Gasteiger partial charge in [0.2, 0.25) is 0 Å². The highest BCUT2D eigenvalue weighted by Gasteiger charge is 2.13. The zero-order valence-electron chi connectivity index (χ0n) is 14.7. The van der Waals surface area contributed by atoms with Crippen molar-refractivity contribution >= 4 is 23.2 Å². The third-order valence-electron chi connectivity index (χ3n) is 3.92. The lowest BCUT2D eigenvalue weighted by Crippen LogP contribution is -2.18. The van der Waals surface area contributed by atoms with E-state index in [9.17, 15) is 14.0 Å². The van der Waals surface area contributed by atoms with Gasteiger partial charge < -0.3 is 10.6 Å². The summed E-state index contributed by atoms with van der Waals surface area (Å²) < 4.78 is 13.2. The summed E-state index contributed by atoms with van der Waals surface area (Å²) in [5.41, 5.74) is 2.30. The Morgan fingerprint density at radius 3 is 2.04 bits per heavy atom. The summed E-state index contributed by atoms with van der Waals surface area (Å²) in [7, 11) is 0. The van der Waals surface area contributed by atoms with Crippen LogP contribution in [0.4, 0.5) is 15.8 Å². The van der Waals surface area contributed by atoms with Crippen LogP contribution in [0.2, 0.25) is 0 Å². The van der Waals surface area contributed by atoms with Crippen LogP contribution in [0, 0.1) is 5.82 Å². The quantitative estimate of drug-likeness (QED) is 0.710. The second-order valence-corrected chi connectivity index (χ2v) is 5.88. The van der Waals surface area contributed by atoms with Crippen molar-refractivity contribution in [1.82, 2.24) is 4.98 Å². The van der Waals surface area contributed by atoms with Crippen LogP contribution in [0.25, 0.3) is 0 Å². The highest BCUT2D eigenvalue weighted by atomic mass is 19.1. The van der Waals surface area contributed by atoms with E-state index < -0.39 is 17.6 Å². The lowest BCUT2D eigenvalue weighted by Gasteiger charge is -2.08. The van der Waals surface area contributed by atoms with Crippen molar-refractivity contribution < 1.29 is 14.0 Å². The molecule has 0 spiro atoms. The summed E-state index contributed by atoms with van der Waals surface area (Å²) in [6.45, 7) is 2.05. The van der Waals surface area contributed by atoms with Crippen molar-refractivity contribution in [2.45, 2.75) is 13.3 Å². The van der Waals surface area contributed by atoms with Crippen LogP contribution in [0.5, 0.6) is 0 Å². The standard InChI is InChI=1S/C21H18FN3O2/c1-2-14-9-11-16(12-10-14)23-20(26)18-7-4-8-19(25-18)21(27)24-17-6-3-5-15(22)13-17/h3-13H,2H2,1H3,(H,23,26)(H,24,27). The highest BCUT2D eigenvalue weighted by Crippen LogP contribution is 2.13. The van der Waals surface area contributed by atoms with Crippen LogP contribution < -0.4 is 10.6 Å². The first-order valence-electron chi connectivity index (χ1n) is 8.49. The minimum atomic E-state index is -0.525. The Morgan fingerprint density at radius 2 is 1.44 bits per heavy atom. The molecule has 27 heavy (non-hydrogen) atoms. The van der Waals surface area contributed by atoms with Crippen molar-refractivity contribution in [2.24, 2.45) is 0 Å². The average Bonchev–Trinajstić information content (AvgIpc) is 2.68. The number of carbonyl (C=O) groups excluding carboxylic acids is 2. The molecule has 0 aliphatic carbocycles. The number of pyridine rings is 1. The van der Waals surface area contributed by atoms with E-state index in [1.165, 1.54) is 35.9 Å². The molecule has 0 fully saturated rings. The van der Waals surface area contributed by atoms with Gasteiger partial charge in [-0.2, -0.15) is 0 Å². The van der Waals surface area contributed by atoms with Gasteiger partial charge in [-0.05, 0) is 54.4 Å². The molecule has 1 heterocycles. The van der Waals surface area contributed by atoms with E-state index in [0.717, 1.165) is 6.42 Å². The molecule has 5 nitrogen and oxygen atoms in total. The predicted molar refractivity (Wildman–Crippen MR) is 102 cm³/mol. The molecular formula is C21H18FN3O2. The topological polar surface area (TPSA) is 71.1 Å². The van der Waals surface area contributed by atoms with Crippen LogP contribution >= 0.6 is 0 Å². The third kappa shape index (κ3) is 4.76. The van der Waals surface area contributed by atoms with Crippen molar-refractivity contribution in [3.05, 3.63) is 89.5 Å². The molecule has 3 aromatic rings. The van der Waals surface area contributed by atoms with E-state index in [0.29, 0.717) is 11.4 Å². The predicted octanol–water partition coefficient (Wildman–Crippen LogP) is 4.29. The van der Waals surface area contributed by atoms with Gasteiger partial charge in [-0.15, -0.1) is 0 Å². The molecule has 0 aliphatic heterocycles. The molecule has 2 aromatic carbocycles. The monoisotopic (exact) mass is 363 g/mol. The molecule has 0 saturated carbocycles. The zero-order valence-corrected chi connectivity index (χ0v) is 14.7. The normalized spacial score (nSPS) is 10.3. The maximum absolute atomic E-state index is 13.2. The van der Waals surface area contributed by atoms with Crippen LogP contribution in [0.15, 0.2) is 66.7 Å². The van der Waals surface area contributed by atoms with Crippen LogP contribution in [0.3, 0.4) is 0 Å². The lowest BCUT2D eigenvalue weighted by molar-refractivity contribution is 0.101. The van der Waals surface area contributed by atoms with Crippen molar-refractivity contribution in [2.75, 3.05) is 10.6 Å². The van der Waals surface area contributed by atoms with Gasteiger partial charge >= 0.3 is 0 Å². The molecule has 0 saturated heterocycles. The summed E-state index contributed by atoms with van der Waals surface area (Å²) in [5, 5.41) is 5.30. The number of amides is 2. The third-order valence-corrected chi connectivity index (χ3v) is 3.92. The Bertz CT molecular complexity index is 971. The van der Waals surface area contributed by atoms with E-state index in [1.54, 1.807) is 12.1 Å². The number of rotatable bonds is 5. The number of nitrogens with one attached hydrogen (secondary N) is 2. The van der Waals surface area contributed by atoms with E-state index >= 15 is 0 Å². The molecule has 2 amide bonds. The Hall–Kier alpha value is -3.54. The molecule has 6 heteroatoms. The number of hydrogen-bond donors (Lipinski definition) is 2. The number of hydrogen-bond acceptors (Lipinski definition) is 3. The molecule has 2 N–H and O–H groups in total. The molecule has 0 radical (unpaired) electrons. The largest absolute Gasteiger partial charge is 0.321 e. The van der Waals surface area contributed by atoms with Crippen LogP contribution in [0.1, 0.15) is 33.5 Å². The molecule has 136 valence electrons. The molecular weight excluding hydrogens is 345 g/mol. The number of carbonyl (C=O) groups is 2. The summed E-state index contributed by atoms with van der Waals surface area (Å²) in [6.07, 6.45) is 0.915. The number of aryl methyl sites for hydroxylation is 1. The van der Waals surface area contributed by atoms with Gasteiger partial charge in [0.1, 0.15) is 17.2 Å². The van der Waals surface area contributed by atoms with Crippen LogP contribution in [-0.2, 0) is 6.42 Å². The number of anilines is 2. The van der Waals surface area contributed by atoms with Gasteiger partial charge in [-0.1, -0.05) is 31.2 Å². The Labute approximate surface area is 156 Å². The molecule has 1 aromatic heterocycles. The number of benzene rings is 2. The minimum Gasteiger partial charge on any atom is -0.321 e. The maximum Gasteiger partial charge on any atom is 0.274 e. The van der Waals surface area contributed by atoms with Crippen molar-refractivity contribution in [3.8, 4) is 0 Å². The Balaban J connectivity index is 1.71. The van der Waals surface area contributed by atoms with E-state index in [4.69, 9.17) is 0 Å². The highest BCUT2D eigenvalue weighted by molar-refractivity contribution is 6.06. The molecule has 0 bridgehead atoms. The smallest absolute Gasteiger partial charge is 0.274 e. The Kier molecular flexibility index (Phi) is 5.56. The van der Waals surface area contributed by atoms with Crippen molar-refractivity contribution in [1.29, 1.82) is 0 Å². The first kappa shape index (κ1) is 18.3. The van der Waals surface area contributed by atoms with E-state index in [-0.39, 0.29) is 11.4 Å². The molecule has 0 unspecified atom stereocenters. The first-order chi connectivity index (χ1) is 13.0. The van der Waals surface area contributed by atoms with Gasteiger partial charge in [0.05, 0.1) is 0 Å². The second-order valence-electron chi connectivity index (χ2n) is 5.88. The van der Waals surface area contributed by atoms with Crippen molar-refractivity contribution in [3.63, 3.8) is 0 Å². The second kappa shape index (κ2) is 8.23. The first-order valence-corrected chi connectivity index (χ1v) is 8.49. The number of halogens is 1. The fourth-order valence-corrected chi connectivity index (χ4v) is 2.47. The SMILES string of the molecule is CCc1ccc(NC(=O)c2cccc(C(=O)Nc3cccc(F)c3)n2)cc1. The van der Waals surface area contributed by atoms with Gasteiger partial charge in [0.15, 0.2) is 0 Å². The van der Waals surface area contributed by atoms with Crippen LogP contribution in [-0.4, -0.2) is 16.8 Å². The summed E-state index contributed by atoms with van der Waals surface area (Å²) in [6, 6.07) is 17.6. The zero-order chi connectivity index (χ0) is 19.2. The summed E-state index contributed by atoms with van der Waals surface area (Å²) in [4.78, 5) is 28.8. The van der Waals surface area contributed by atoms with Gasteiger partial charge in [-0.25, -0.2) is 9.37 Å².